The Labute approximate surface area is 149 Å². The Hall–Kier alpha value is -3.62. The Morgan fingerprint density at radius 3 is 2.23 bits per heavy atom. The van der Waals surface area contributed by atoms with Gasteiger partial charge in [-0.3, -0.25) is 19.8 Å². The summed E-state index contributed by atoms with van der Waals surface area (Å²) in [6, 6.07) is 11.2. The predicted molar refractivity (Wildman–Crippen MR) is 92.8 cm³/mol. The van der Waals surface area contributed by atoms with Gasteiger partial charge in [-0.15, -0.1) is 0 Å². The molecule has 2 aromatic rings. The third-order valence-corrected chi connectivity index (χ3v) is 3.48. The molecular formula is C17H17N3O6. The summed E-state index contributed by atoms with van der Waals surface area (Å²) < 4.78 is 10.2. The maximum atomic E-state index is 12.0. The highest BCUT2D eigenvalue weighted by atomic mass is 16.6. The first-order chi connectivity index (χ1) is 12.4. The lowest BCUT2D eigenvalue weighted by Crippen LogP contribution is -2.40. The highest BCUT2D eigenvalue weighted by Gasteiger charge is 2.18. The first kappa shape index (κ1) is 18.7. The van der Waals surface area contributed by atoms with Crippen molar-refractivity contribution in [3.8, 4) is 5.75 Å². The van der Waals surface area contributed by atoms with E-state index in [0.29, 0.717) is 5.75 Å². The van der Waals surface area contributed by atoms with E-state index in [1.54, 1.807) is 31.4 Å². The Morgan fingerprint density at radius 2 is 1.73 bits per heavy atom. The van der Waals surface area contributed by atoms with Gasteiger partial charge in [0.1, 0.15) is 18.9 Å². The molecule has 0 aromatic heterocycles. The SMILES string of the molecule is COc1ccc(COC(=O)CN(C(N)=O)c2ccc([N+](=O)[O-])cc2)cc1. The molecule has 26 heavy (non-hydrogen) atoms. The van der Waals surface area contributed by atoms with Crippen LogP contribution in [0.4, 0.5) is 16.2 Å². The van der Waals surface area contributed by atoms with Crippen molar-refractivity contribution in [3.05, 3.63) is 64.2 Å². The molecule has 0 aliphatic carbocycles. The average molecular weight is 359 g/mol. The lowest BCUT2D eigenvalue weighted by atomic mass is 10.2. The van der Waals surface area contributed by atoms with Gasteiger partial charge in [0, 0.05) is 17.8 Å². The number of amides is 2. The second-order valence-corrected chi connectivity index (χ2v) is 5.21. The normalized spacial score (nSPS) is 10.0. The van der Waals surface area contributed by atoms with E-state index < -0.39 is 23.5 Å². The van der Waals surface area contributed by atoms with E-state index in [1.165, 1.54) is 24.3 Å². The minimum atomic E-state index is -0.875. The number of hydrogen-bond donors (Lipinski definition) is 1. The number of primary amides is 1. The molecule has 2 N–H and O–H groups in total. The minimum Gasteiger partial charge on any atom is -0.497 e. The van der Waals surface area contributed by atoms with Crippen molar-refractivity contribution in [2.24, 2.45) is 5.73 Å². The lowest BCUT2D eigenvalue weighted by molar-refractivity contribution is -0.384. The van der Waals surface area contributed by atoms with Crippen LogP contribution in [-0.2, 0) is 16.1 Å². The molecule has 2 aromatic carbocycles. The van der Waals surface area contributed by atoms with E-state index in [4.69, 9.17) is 15.2 Å². The van der Waals surface area contributed by atoms with Crippen LogP contribution in [-0.4, -0.2) is 30.6 Å². The van der Waals surface area contributed by atoms with E-state index in [1.807, 2.05) is 0 Å². The molecule has 0 heterocycles. The van der Waals surface area contributed by atoms with E-state index in [9.17, 15) is 19.7 Å². The van der Waals surface area contributed by atoms with Gasteiger partial charge in [-0.2, -0.15) is 0 Å². The van der Waals surface area contributed by atoms with Crippen molar-refractivity contribution in [1.82, 2.24) is 0 Å². The third kappa shape index (κ3) is 4.94. The number of methoxy groups -OCH3 is 1. The number of hydrogen-bond acceptors (Lipinski definition) is 6. The molecular weight excluding hydrogens is 342 g/mol. The fourth-order valence-electron chi connectivity index (χ4n) is 2.11. The molecule has 2 rings (SSSR count). The van der Waals surface area contributed by atoms with Crippen molar-refractivity contribution in [2.75, 3.05) is 18.6 Å². The number of carbonyl (C=O) groups is 2. The van der Waals surface area contributed by atoms with Crippen LogP contribution in [0.15, 0.2) is 48.5 Å². The Bertz CT molecular complexity index is 789. The number of non-ortho nitro benzene ring substituents is 1. The van der Waals surface area contributed by atoms with Crippen molar-refractivity contribution in [2.45, 2.75) is 6.61 Å². The van der Waals surface area contributed by atoms with E-state index in [0.717, 1.165) is 10.5 Å². The van der Waals surface area contributed by atoms with Crippen LogP contribution < -0.4 is 15.4 Å². The first-order valence-electron chi connectivity index (χ1n) is 7.50. The van der Waals surface area contributed by atoms with Gasteiger partial charge < -0.3 is 15.2 Å². The fourth-order valence-corrected chi connectivity index (χ4v) is 2.11. The summed E-state index contributed by atoms with van der Waals surface area (Å²) in [4.78, 5) is 34.7. The molecule has 0 aliphatic heterocycles. The van der Waals surface area contributed by atoms with E-state index in [2.05, 4.69) is 0 Å². The molecule has 0 bridgehead atoms. The second kappa shape index (κ2) is 8.47. The maximum Gasteiger partial charge on any atom is 0.326 e. The Morgan fingerprint density at radius 1 is 1.12 bits per heavy atom. The van der Waals surface area contributed by atoms with Crippen molar-refractivity contribution >= 4 is 23.4 Å². The molecule has 0 atom stereocenters. The summed E-state index contributed by atoms with van der Waals surface area (Å²) in [5.41, 5.74) is 6.15. The summed E-state index contributed by atoms with van der Waals surface area (Å²) in [5, 5.41) is 10.7. The van der Waals surface area contributed by atoms with Crippen LogP contribution in [0, 0.1) is 10.1 Å². The molecule has 0 aliphatic rings. The van der Waals surface area contributed by atoms with Crippen molar-refractivity contribution in [3.63, 3.8) is 0 Å². The molecule has 0 saturated carbocycles. The quantitative estimate of drug-likeness (QED) is 0.459. The zero-order valence-corrected chi connectivity index (χ0v) is 14.0. The zero-order chi connectivity index (χ0) is 19.1. The van der Waals surface area contributed by atoms with Crippen LogP contribution in [0.1, 0.15) is 5.56 Å². The van der Waals surface area contributed by atoms with E-state index >= 15 is 0 Å². The maximum absolute atomic E-state index is 12.0. The first-order valence-corrected chi connectivity index (χ1v) is 7.50. The molecule has 9 nitrogen and oxygen atoms in total. The number of anilines is 1. The van der Waals surface area contributed by atoms with Gasteiger partial charge in [-0.1, -0.05) is 12.1 Å². The number of nitrogens with two attached hydrogens (primary N) is 1. The average Bonchev–Trinajstić information content (AvgIpc) is 2.64. The molecule has 9 heteroatoms. The number of urea groups is 1. The minimum absolute atomic E-state index is 0.0235. The summed E-state index contributed by atoms with van der Waals surface area (Å²) in [6.45, 7) is -0.390. The van der Waals surface area contributed by atoms with Gasteiger partial charge in [-0.25, -0.2) is 4.79 Å². The number of nitro benzene ring substituents is 1. The molecule has 0 radical (unpaired) electrons. The largest absolute Gasteiger partial charge is 0.497 e. The van der Waals surface area contributed by atoms with Gasteiger partial charge in [0.15, 0.2) is 0 Å². The molecule has 136 valence electrons. The molecule has 0 saturated heterocycles. The summed E-state index contributed by atoms with van der Waals surface area (Å²) >= 11 is 0. The van der Waals surface area contributed by atoms with Gasteiger partial charge in [0.2, 0.25) is 0 Å². The monoisotopic (exact) mass is 359 g/mol. The zero-order valence-electron chi connectivity index (χ0n) is 14.0. The number of carbonyl (C=O) groups excluding carboxylic acids is 2. The summed E-state index contributed by atoms with van der Waals surface area (Å²) in [5.74, 6) is 0.0103. The van der Waals surface area contributed by atoms with Gasteiger partial charge in [-0.05, 0) is 29.8 Å². The van der Waals surface area contributed by atoms with Crippen LogP contribution in [0.2, 0.25) is 0 Å². The highest BCUT2D eigenvalue weighted by molar-refractivity contribution is 5.95. The number of rotatable bonds is 7. The highest BCUT2D eigenvalue weighted by Crippen LogP contribution is 2.19. The van der Waals surface area contributed by atoms with Crippen LogP contribution in [0.5, 0.6) is 5.75 Å². The summed E-state index contributed by atoms with van der Waals surface area (Å²) in [7, 11) is 1.55. The molecule has 0 spiro atoms. The lowest BCUT2D eigenvalue weighted by Gasteiger charge is -2.19. The van der Waals surface area contributed by atoms with Crippen molar-refractivity contribution < 1.29 is 24.0 Å². The van der Waals surface area contributed by atoms with Crippen LogP contribution >= 0.6 is 0 Å². The Balaban J connectivity index is 1.98. The van der Waals surface area contributed by atoms with E-state index in [-0.39, 0.29) is 18.0 Å². The smallest absolute Gasteiger partial charge is 0.326 e. The van der Waals surface area contributed by atoms with Gasteiger partial charge >= 0.3 is 12.0 Å². The fraction of sp³-hybridized carbons (Fsp3) is 0.176. The predicted octanol–water partition coefficient (Wildman–Crippen LogP) is 2.23. The van der Waals surface area contributed by atoms with Gasteiger partial charge in [0.05, 0.1) is 12.0 Å². The number of ether oxygens (including phenoxy) is 2. The topological polar surface area (TPSA) is 125 Å². The number of benzene rings is 2. The molecule has 0 fully saturated rings. The molecule has 2 amide bonds. The van der Waals surface area contributed by atoms with Crippen LogP contribution in [0.25, 0.3) is 0 Å². The van der Waals surface area contributed by atoms with Crippen LogP contribution in [0.3, 0.4) is 0 Å². The van der Waals surface area contributed by atoms with Gasteiger partial charge in [0.25, 0.3) is 5.69 Å². The second-order valence-electron chi connectivity index (χ2n) is 5.21. The number of nitro groups is 1. The molecule has 0 unspecified atom stereocenters. The Kier molecular flexibility index (Phi) is 6.10. The summed E-state index contributed by atoms with van der Waals surface area (Å²) in [6.07, 6.45) is 0. The number of nitrogens with zero attached hydrogens (tertiary/aromatic N) is 2. The number of esters is 1. The third-order valence-electron chi connectivity index (χ3n) is 3.48. The van der Waals surface area contributed by atoms with Crippen molar-refractivity contribution in [1.29, 1.82) is 0 Å². The standard InChI is InChI=1S/C17H17N3O6/c1-25-15-8-2-12(3-9-15)11-26-16(21)10-19(17(18)22)13-4-6-14(7-5-13)20(23)24/h2-9H,10-11H2,1H3,(H2,18,22).